The molecule has 28 heavy (non-hydrogen) atoms. The van der Waals surface area contributed by atoms with Crippen LogP contribution in [0, 0.1) is 6.92 Å². The van der Waals surface area contributed by atoms with Crippen LogP contribution in [0.5, 0.6) is 0 Å². The fraction of sp³-hybridized carbons (Fsp3) is 0.294. The first-order valence-corrected chi connectivity index (χ1v) is 8.27. The van der Waals surface area contributed by atoms with Crippen molar-refractivity contribution in [3.63, 3.8) is 0 Å². The maximum atomic E-state index is 13.6. The highest BCUT2D eigenvalue weighted by Gasteiger charge is 2.40. The number of alkyl halides is 3. The topological polar surface area (TPSA) is 96.3 Å². The van der Waals surface area contributed by atoms with Crippen LogP contribution in [-0.4, -0.2) is 52.2 Å². The third kappa shape index (κ3) is 3.68. The van der Waals surface area contributed by atoms with Crippen molar-refractivity contribution < 1.29 is 27.6 Å². The Kier molecular flexibility index (Phi) is 5.08. The van der Waals surface area contributed by atoms with Gasteiger partial charge in [-0.25, -0.2) is 9.48 Å². The van der Waals surface area contributed by atoms with Gasteiger partial charge in [-0.3, -0.25) is 14.5 Å². The van der Waals surface area contributed by atoms with E-state index in [9.17, 15) is 27.6 Å². The summed E-state index contributed by atoms with van der Waals surface area (Å²) < 4.78 is 41.6. The number of urea groups is 1. The maximum absolute atomic E-state index is 13.6. The molecule has 0 bridgehead atoms. The van der Waals surface area contributed by atoms with Crippen molar-refractivity contribution in [2.24, 2.45) is 0 Å². The second-order valence-corrected chi connectivity index (χ2v) is 6.06. The Bertz CT molecular complexity index is 922. The molecule has 1 saturated heterocycles. The predicted molar refractivity (Wildman–Crippen MR) is 90.7 cm³/mol. The van der Waals surface area contributed by atoms with Crippen molar-refractivity contribution in [2.45, 2.75) is 13.1 Å². The van der Waals surface area contributed by atoms with Crippen molar-refractivity contribution in [3.05, 3.63) is 47.3 Å². The van der Waals surface area contributed by atoms with Crippen molar-refractivity contribution in [3.8, 4) is 5.69 Å². The predicted octanol–water partition coefficient (Wildman–Crippen LogP) is 1.48. The van der Waals surface area contributed by atoms with Crippen LogP contribution < -0.4 is 10.6 Å². The summed E-state index contributed by atoms with van der Waals surface area (Å²) in [5, 5.41) is 8.35. The molecule has 0 unspecified atom stereocenters. The van der Waals surface area contributed by atoms with Gasteiger partial charge in [0.2, 0.25) is 5.91 Å². The standard InChI is InChI=1S/C17H16F3N5O3/c1-10-4-2-3-5-12(10)25-14(17(18,19)20)11(8-23-25)15(27)21-6-7-24-13(26)9-22-16(24)28/h2-5,8H,6-7,9H2,1H3,(H,21,27)(H,22,28). The van der Waals surface area contributed by atoms with E-state index in [1.54, 1.807) is 25.1 Å². The Balaban J connectivity index is 1.82. The van der Waals surface area contributed by atoms with Gasteiger partial charge in [-0.15, -0.1) is 0 Å². The summed E-state index contributed by atoms with van der Waals surface area (Å²) >= 11 is 0. The maximum Gasteiger partial charge on any atom is 0.434 e. The van der Waals surface area contributed by atoms with E-state index in [0.29, 0.717) is 10.2 Å². The summed E-state index contributed by atoms with van der Waals surface area (Å²) in [5.74, 6) is -1.47. The van der Waals surface area contributed by atoms with Gasteiger partial charge in [0.15, 0.2) is 5.69 Å². The zero-order valence-corrected chi connectivity index (χ0v) is 14.7. The van der Waals surface area contributed by atoms with Gasteiger partial charge in [-0.1, -0.05) is 18.2 Å². The molecular formula is C17H16F3N5O3. The van der Waals surface area contributed by atoms with Crippen LogP contribution in [0.15, 0.2) is 30.5 Å². The minimum Gasteiger partial charge on any atom is -0.350 e. The Morgan fingerprint density at radius 3 is 2.61 bits per heavy atom. The monoisotopic (exact) mass is 395 g/mol. The van der Waals surface area contributed by atoms with E-state index in [4.69, 9.17) is 0 Å². The molecule has 0 aliphatic carbocycles. The fourth-order valence-corrected chi connectivity index (χ4v) is 2.83. The van der Waals surface area contributed by atoms with Crippen molar-refractivity contribution in [1.82, 2.24) is 25.3 Å². The number of imide groups is 1. The molecule has 2 heterocycles. The van der Waals surface area contributed by atoms with E-state index < -0.39 is 35.3 Å². The molecule has 1 aliphatic heterocycles. The summed E-state index contributed by atoms with van der Waals surface area (Å²) in [6, 6.07) is 5.75. The first kappa shape index (κ1) is 19.4. The number of nitrogens with one attached hydrogen (secondary N) is 2. The quantitative estimate of drug-likeness (QED) is 0.750. The summed E-state index contributed by atoms with van der Waals surface area (Å²) in [5.41, 5.74) is -1.09. The van der Waals surface area contributed by atoms with Crippen molar-refractivity contribution in [2.75, 3.05) is 19.6 Å². The molecule has 148 valence electrons. The summed E-state index contributed by atoms with van der Waals surface area (Å²) in [6.45, 7) is 1.15. The number of carbonyl (C=O) groups excluding carboxylic acids is 3. The van der Waals surface area contributed by atoms with Gasteiger partial charge in [-0.05, 0) is 18.6 Å². The molecule has 0 atom stereocenters. The number of hydrogen-bond donors (Lipinski definition) is 2. The highest BCUT2D eigenvalue weighted by Crippen LogP contribution is 2.34. The van der Waals surface area contributed by atoms with Crippen molar-refractivity contribution in [1.29, 1.82) is 0 Å². The summed E-state index contributed by atoms with van der Waals surface area (Å²) in [7, 11) is 0. The number of carbonyl (C=O) groups is 3. The first-order valence-electron chi connectivity index (χ1n) is 8.27. The van der Waals surface area contributed by atoms with Crippen LogP contribution in [0.1, 0.15) is 21.6 Å². The van der Waals surface area contributed by atoms with E-state index in [1.165, 1.54) is 6.07 Å². The molecule has 1 fully saturated rings. The first-order chi connectivity index (χ1) is 13.2. The van der Waals surface area contributed by atoms with Crippen LogP contribution in [0.25, 0.3) is 5.69 Å². The summed E-state index contributed by atoms with van der Waals surface area (Å²) in [6.07, 6.45) is -3.98. The Morgan fingerprint density at radius 2 is 2.00 bits per heavy atom. The molecule has 0 radical (unpaired) electrons. The Hall–Kier alpha value is -3.37. The Labute approximate surface area is 157 Å². The van der Waals surface area contributed by atoms with Gasteiger partial charge in [-0.2, -0.15) is 18.3 Å². The van der Waals surface area contributed by atoms with E-state index in [0.717, 1.165) is 11.1 Å². The second kappa shape index (κ2) is 7.33. The van der Waals surface area contributed by atoms with E-state index in [2.05, 4.69) is 15.7 Å². The fourth-order valence-electron chi connectivity index (χ4n) is 2.83. The number of nitrogens with zero attached hydrogens (tertiary/aromatic N) is 3. The highest BCUT2D eigenvalue weighted by molar-refractivity contribution is 6.02. The molecule has 4 amide bonds. The number of halogens is 3. The second-order valence-electron chi connectivity index (χ2n) is 6.06. The van der Waals surface area contributed by atoms with Crippen molar-refractivity contribution >= 4 is 17.8 Å². The lowest BCUT2D eigenvalue weighted by Crippen LogP contribution is -2.39. The molecule has 1 aromatic heterocycles. The largest absolute Gasteiger partial charge is 0.434 e. The molecular weight excluding hydrogens is 379 g/mol. The molecule has 3 rings (SSSR count). The number of benzene rings is 1. The molecule has 8 nitrogen and oxygen atoms in total. The van der Waals surface area contributed by atoms with Gasteiger partial charge >= 0.3 is 12.2 Å². The van der Waals surface area contributed by atoms with Crippen LogP contribution in [-0.2, 0) is 11.0 Å². The number of rotatable bonds is 5. The average Bonchev–Trinajstić information content (AvgIpc) is 3.20. The number of para-hydroxylation sites is 1. The zero-order chi connectivity index (χ0) is 20.5. The minimum absolute atomic E-state index is 0.145. The van der Waals surface area contributed by atoms with Gasteiger partial charge in [0, 0.05) is 13.1 Å². The van der Waals surface area contributed by atoms with Crippen LogP contribution in [0.2, 0.25) is 0 Å². The SMILES string of the molecule is Cc1ccccc1-n1ncc(C(=O)NCCN2C(=O)CNC2=O)c1C(F)(F)F. The van der Waals surface area contributed by atoms with E-state index >= 15 is 0 Å². The van der Waals surface area contributed by atoms with Crippen LogP contribution in [0.4, 0.5) is 18.0 Å². The van der Waals surface area contributed by atoms with Gasteiger partial charge in [0.25, 0.3) is 5.91 Å². The molecule has 1 aromatic carbocycles. The lowest BCUT2D eigenvalue weighted by molar-refractivity contribution is -0.143. The average molecular weight is 395 g/mol. The molecule has 11 heteroatoms. The molecule has 1 aliphatic rings. The molecule has 0 spiro atoms. The van der Waals surface area contributed by atoms with Crippen LogP contribution in [0.3, 0.4) is 0 Å². The van der Waals surface area contributed by atoms with Gasteiger partial charge in [0.05, 0.1) is 24.0 Å². The Morgan fingerprint density at radius 1 is 1.29 bits per heavy atom. The molecule has 0 saturated carbocycles. The lowest BCUT2D eigenvalue weighted by atomic mass is 10.1. The minimum atomic E-state index is -4.82. The molecule has 2 aromatic rings. The third-order valence-electron chi connectivity index (χ3n) is 4.18. The number of hydrogen-bond acceptors (Lipinski definition) is 4. The number of amides is 4. The zero-order valence-electron chi connectivity index (χ0n) is 14.7. The third-order valence-corrected chi connectivity index (χ3v) is 4.18. The van der Waals surface area contributed by atoms with E-state index in [-0.39, 0.29) is 25.3 Å². The normalized spacial score (nSPS) is 14.4. The number of aromatic nitrogens is 2. The summed E-state index contributed by atoms with van der Waals surface area (Å²) in [4.78, 5) is 36.1. The molecule has 2 N–H and O–H groups in total. The highest BCUT2D eigenvalue weighted by atomic mass is 19.4. The smallest absolute Gasteiger partial charge is 0.350 e. The van der Waals surface area contributed by atoms with Crippen LogP contribution >= 0.6 is 0 Å². The van der Waals surface area contributed by atoms with Gasteiger partial charge < -0.3 is 10.6 Å². The van der Waals surface area contributed by atoms with Gasteiger partial charge in [0.1, 0.15) is 0 Å². The number of aryl methyl sites for hydroxylation is 1. The lowest BCUT2D eigenvalue weighted by Gasteiger charge is -2.15. The van der Waals surface area contributed by atoms with E-state index in [1.807, 2.05) is 0 Å².